The molecule has 12 heteroatoms. The Hall–Kier alpha value is -5.36. The number of fused-ring (bicyclic) bond motifs is 4. The molecule has 3 aromatic carbocycles. The second kappa shape index (κ2) is 15.0. The summed E-state index contributed by atoms with van der Waals surface area (Å²) in [6, 6.07) is 29.5. The van der Waals surface area contributed by atoms with Crippen LogP contribution in [0.5, 0.6) is 0 Å². The van der Waals surface area contributed by atoms with Gasteiger partial charge in [0.25, 0.3) is 0 Å². The highest BCUT2D eigenvalue weighted by molar-refractivity contribution is 6.31. The van der Waals surface area contributed by atoms with E-state index >= 15 is 9.59 Å². The first-order chi connectivity index (χ1) is 29.1. The zero-order valence-corrected chi connectivity index (χ0v) is 34.6. The van der Waals surface area contributed by atoms with Crippen LogP contribution in [0.3, 0.4) is 0 Å². The summed E-state index contributed by atoms with van der Waals surface area (Å²) >= 11 is 6.71. The number of hydrogen-bond donors (Lipinski definition) is 3. The minimum atomic E-state index is -1.31. The summed E-state index contributed by atoms with van der Waals surface area (Å²) in [6.45, 7) is 4.58. The van der Waals surface area contributed by atoms with Crippen molar-refractivity contribution in [2.75, 3.05) is 5.32 Å². The maximum Gasteiger partial charge on any atom is 0.238 e. The molecule has 11 nitrogen and oxygen atoms in total. The van der Waals surface area contributed by atoms with Gasteiger partial charge in [0.2, 0.25) is 24.1 Å². The zero-order valence-electron chi connectivity index (χ0n) is 33.9. The van der Waals surface area contributed by atoms with Crippen LogP contribution in [0.15, 0.2) is 120 Å². The molecule has 3 fully saturated rings. The third-order valence-corrected chi connectivity index (χ3v) is 14.7. The molecule has 5 heterocycles. The maximum atomic E-state index is 16.1. The van der Waals surface area contributed by atoms with Crippen molar-refractivity contribution in [3.8, 4) is 0 Å². The summed E-state index contributed by atoms with van der Waals surface area (Å²) in [6.07, 6.45) is 9.99. The number of pyridine rings is 1. The van der Waals surface area contributed by atoms with Gasteiger partial charge in [0.05, 0.1) is 12.1 Å². The number of likely N-dealkylation sites (tertiary alicyclic amines) is 1. The molecule has 308 valence electrons. The number of benzene rings is 3. The Balaban J connectivity index is 1.24. The Bertz CT molecular complexity index is 2510. The monoisotopic (exact) mass is 823 g/mol. The molecule has 3 aromatic heterocycles. The van der Waals surface area contributed by atoms with E-state index < -0.39 is 35.1 Å². The largest absolute Gasteiger partial charge is 0.428 e. The number of imidazole rings is 1. The fraction of sp³-hybridized carbons (Fsp3) is 0.396. The smallest absolute Gasteiger partial charge is 0.238 e. The first kappa shape index (κ1) is 38.8. The molecule has 0 bridgehead atoms. The summed E-state index contributed by atoms with van der Waals surface area (Å²) in [7, 11) is 0. The lowest BCUT2D eigenvalue weighted by molar-refractivity contribution is -0.137. The minimum Gasteiger partial charge on any atom is -0.428 e. The standard InChI is InChI=1S/C48H50ClN7O4/c1-46(2)22-24-47(25-23-46)48(35-21-18-33(49)27-36(35)53-45(48)59)39(37-28-50-38-15-9-10-26-55(37)38)41(43(58)52-34-19-16-32(17-20-34)44-54-51-29-60-44)56(47)40(30-11-5-3-6-12-30)42(57)31-13-7-4-8-14-31/h3-15,18,21,26-29,32,34,39-42,57H,16-17,19-20,22-25H2,1-2H3,(H,52,58)(H,53,59)/t32-,34-,39-,40+,41+,42-,48?/m0/s1. The van der Waals surface area contributed by atoms with Crippen LogP contribution in [-0.4, -0.2) is 59.0 Å². The number of aromatic nitrogens is 4. The number of halogens is 1. The van der Waals surface area contributed by atoms with Gasteiger partial charge in [-0.2, -0.15) is 0 Å². The fourth-order valence-corrected chi connectivity index (χ4v) is 11.8. The van der Waals surface area contributed by atoms with E-state index in [0.29, 0.717) is 29.4 Å². The molecular formula is C48H50ClN7O4. The molecule has 0 radical (unpaired) electrons. The van der Waals surface area contributed by atoms with E-state index in [1.807, 2.05) is 114 Å². The summed E-state index contributed by atoms with van der Waals surface area (Å²) in [5, 5.41) is 28.5. The van der Waals surface area contributed by atoms with Gasteiger partial charge in [0, 0.05) is 52.2 Å². The van der Waals surface area contributed by atoms with Gasteiger partial charge in [-0.1, -0.05) is 98.2 Å². The van der Waals surface area contributed by atoms with Crippen LogP contribution < -0.4 is 10.6 Å². The topological polar surface area (TPSA) is 138 Å². The summed E-state index contributed by atoms with van der Waals surface area (Å²) < 4.78 is 7.63. The van der Waals surface area contributed by atoms with Crippen molar-refractivity contribution in [1.29, 1.82) is 0 Å². The highest BCUT2D eigenvalue weighted by Gasteiger charge is 2.77. The van der Waals surface area contributed by atoms with Crippen LogP contribution in [0.25, 0.3) is 5.65 Å². The molecule has 6 aromatic rings. The molecule has 2 saturated carbocycles. The van der Waals surface area contributed by atoms with E-state index in [1.54, 1.807) is 0 Å². The van der Waals surface area contributed by atoms with Crippen LogP contribution in [-0.2, 0) is 15.0 Å². The molecule has 2 spiro atoms. The number of hydrogen-bond acceptors (Lipinski definition) is 8. The number of aliphatic hydroxyl groups is 1. The maximum absolute atomic E-state index is 16.1. The van der Waals surface area contributed by atoms with Crippen molar-refractivity contribution in [2.45, 2.75) is 112 Å². The summed E-state index contributed by atoms with van der Waals surface area (Å²) in [5.74, 6) is -0.338. The van der Waals surface area contributed by atoms with Gasteiger partial charge in [0.1, 0.15) is 17.1 Å². The van der Waals surface area contributed by atoms with Crippen LogP contribution >= 0.6 is 11.6 Å². The van der Waals surface area contributed by atoms with E-state index in [4.69, 9.17) is 21.0 Å². The quantitative estimate of drug-likeness (QED) is 0.139. The summed E-state index contributed by atoms with van der Waals surface area (Å²) in [4.78, 5) is 39.2. The molecule has 4 aliphatic rings. The molecule has 2 aliphatic carbocycles. The SMILES string of the molecule is CC1(C)CCC2(CC1)N([C@H](c1ccccc1)[C@@H](O)c1ccccc1)[C@@H](C(=O)N[C@H]1CC[C@H](c3nnco3)CC1)[C@H](c1cnc3ccccn13)C21C(=O)Nc2cc(Cl)ccc21. The Morgan fingerprint density at radius 2 is 1.62 bits per heavy atom. The predicted octanol–water partition coefficient (Wildman–Crippen LogP) is 8.69. The van der Waals surface area contributed by atoms with E-state index in [9.17, 15) is 5.11 Å². The first-order valence-electron chi connectivity index (χ1n) is 21.3. The van der Waals surface area contributed by atoms with Crippen molar-refractivity contribution < 1.29 is 19.1 Å². The molecule has 1 unspecified atom stereocenters. The molecular weight excluding hydrogens is 774 g/mol. The lowest BCUT2D eigenvalue weighted by atomic mass is 9.53. The zero-order chi connectivity index (χ0) is 41.2. The molecule has 2 aliphatic heterocycles. The number of nitrogens with zero attached hydrogens (tertiary/aromatic N) is 5. The Labute approximate surface area is 354 Å². The first-order valence-corrected chi connectivity index (χ1v) is 21.7. The lowest BCUT2D eigenvalue weighted by Gasteiger charge is -2.56. The van der Waals surface area contributed by atoms with Crippen molar-refractivity contribution in [3.05, 3.63) is 149 Å². The Morgan fingerprint density at radius 3 is 2.32 bits per heavy atom. The molecule has 10 rings (SSSR count). The van der Waals surface area contributed by atoms with Crippen molar-refractivity contribution in [3.63, 3.8) is 0 Å². The van der Waals surface area contributed by atoms with Crippen LogP contribution in [0, 0.1) is 5.41 Å². The summed E-state index contributed by atoms with van der Waals surface area (Å²) in [5.41, 5.74) is 2.23. The van der Waals surface area contributed by atoms with Gasteiger partial charge < -0.3 is 24.6 Å². The van der Waals surface area contributed by atoms with Gasteiger partial charge in [0.15, 0.2) is 0 Å². The minimum absolute atomic E-state index is 0.0214. The van der Waals surface area contributed by atoms with E-state index in [-0.39, 0.29) is 29.2 Å². The molecule has 2 amide bonds. The van der Waals surface area contributed by atoms with Crippen molar-refractivity contribution >= 4 is 34.7 Å². The van der Waals surface area contributed by atoms with E-state index in [0.717, 1.165) is 66.6 Å². The van der Waals surface area contributed by atoms with Gasteiger partial charge in [-0.25, -0.2) is 4.98 Å². The van der Waals surface area contributed by atoms with Gasteiger partial charge in [-0.05, 0) is 97.7 Å². The number of amides is 2. The van der Waals surface area contributed by atoms with Crippen molar-refractivity contribution in [2.24, 2.45) is 5.41 Å². The van der Waals surface area contributed by atoms with E-state index in [1.165, 1.54) is 6.39 Å². The Kier molecular flexibility index (Phi) is 9.69. The number of carbonyl (C=O) groups excluding carboxylic acids is 2. The van der Waals surface area contributed by atoms with Crippen LogP contribution in [0.2, 0.25) is 5.02 Å². The highest BCUT2D eigenvalue weighted by atomic mass is 35.5. The van der Waals surface area contributed by atoms with Gasteiger partial charge in [-0.3, -0.25) is 14.5 Å². The van der Waals surface area contributed by atoms with Crippen LogP contribution in [0.1, 0.15) is 117 Å². The number of anilines is 1. The van der Waals surface area contributed by atoms with Gasteiger partial charge in [-0.15, -0.1) is 10.2 Å². The van der Waals surface area contributed by atoms with E-state index in [2.05, 4.69) is 39.6 Å². The normalized spacial score (nSPS) is 26.8. The molecule has 1 saturated heterocycles. The van der Waals surface area contributed by atoms with Crippen LogP contribution in [0.4, 0.5) is 5.69 Å². The molecule has 5 atom stereocenters. The number of aliphatic hydroxyl groups excluding tert-OH is 1. The molecule has 3 N–H and O–H groups in total. The number of rotatable bonds is 8. The lowest BCUT2D eigenvalue weighted by Crippen LogP contribution is -2.64. The third-order valence-electron chi connectivity index (χ3n) is 14.5. The number of carbonyl (C=O) groups is 2. The predicted molar refractivity (Wildman–Crippen MR) is 228 cm³/mol. The fourth-order valence-electron chi connectivity index (χ4n) is 11.6. The average molecular weight is 824 g/mol. The average Bonchev–Trinajstić information content (AvgIpc) is 4.05. The molecule has 60 heavy (non-hydrogen) atoms. The highest BCUT2D eigenvalue weighted by Crippen LogP contribution is 2.69. The second-order valence-electron chi connectivity index (χ2n) is 18.1. The van der Waals surface area contributed by atoms with Gasteiger partial charge >= 0.3 is 0 Å². The second-order valence-corrected chi connectivity index (χ2v) is 18.6. The van der Waals surface area contributed by atoms with Crippen molar-refractivity contribution in [1.82, 2.24) is 29.8 Å². The third kappa shape index (κ3) is 6.10. The Morgan fingerprint density at radius 1 is 0.917 bits per heavy atom. The number of nitrogens with one attached hydrogen (secondary N) is 2.